The van der Waals surface area contributed by atoms with Gasteiger partial charge in [0.1, 0.15) is 0 Å². The molecule has 6 heteroatoms. The third-order valence-corrected chi connectivity index (χ3v) is 14.0. The summed E-state index contributed by atoms with van der Waals surface area (Å²) in [6.45, 7) is 4.90. The van der Waals surface area contributed by atoms with Crippen molar-refractivity contribution in [2.75, 3.05) is 13.2 Å². The topological polar surface area (TPSA) is 95.9 Å². The molecule has 0 aromatic rings. The highest BCUT2D eigenvalue weighted by Crippen LogP contribution is 2.18. The average Bonchev–Trinajstić information content (AvgIpc) is 3.33. The molecule has 0 bridgehead atoms. The molecule has 6 nitrogen and oxygen atoms in total. The number of carbonyl (C=O) groups excluding carboxylic acids is 2. The lowest BCUT2D eigenvalue weighted by Crippen LogP contribution is -2.45. The van der Waals surface area contributed by atoms with Crippen LogP contribution in [0.2, 0.25) is 0 Å². The highest BCUT2D eigenvalue weighted by atomic mass is 16.5. The zero-order chi connectivity index (χ0) is 48.6. The van der Waals surface area contributed by atoms with E-state index in [0.29, 0.717) is 25.9 Å². The van der Waals surface area contributed by atoms with Crippen LogP contribution in [0.1, 0.15) is 328 Å². The average molecular weight is 945 g/mol. The number of allylic oxidation sites excluding steroid dienone is 4. The Balaban J connectivity index is 3.38. The van der Waals surface area contributed by atoms with Crippen molar-refractivity contribution in [3.8, 4) is 0 Å². The standard InChI is InChI=1S/C61H117NO5/c1-3-5-7-9-11-13-15-17-26-30-33-37-41-45-49-53-59(64)58(57-63)62-60(65)54-50-46-42-38-34-31-27-24-22-20-18-19-21-23-25-28-32-36-40-44-48-52-56-67-61(66)55-51-47-43-39-35-29-16-14-12-10-8-6-4-2/h8,10,14,16,58-59,63-64H,3-7,9,11-13,15,17-57H2,1-2H3,(H,62,65)/b10-8-,16-14-. The first-order chi connectivity index (χ1) is 33.0. The van der Waals surface area contributed by atoms with Crippen molar-refractivity contribution in [3.63, 3.8) is 0 Å². The molecular formula is C61H117NO5. The highest BCUT2D eigenvalue weighted by molar-refractivity contribution is 5.76. The molecule has 0 fully saturated rings. The van der Waals surface area contributed by atoms with Crippen LogP contribution in [0.25, 0.3) is 0 Å². The quantitative estimate of drug-likeness (QED) is 0.0321. The van der Waals surface area contributed by atoms with Gasteiger partial charge in [-0.05, 0) is 51.4 Å². The first kappa shape index (κ1) is 65.3. The van der Waals surface area contributed by atoms with Gasteiger partial charge in [0, 0.05) is 12.8 Å². The van der Waals surface area contributed by atoms with Gasteiger partial charge in [0.25, 0.3) is 0 Å². The van der Waals surface area contributed by atoms with E-state index in [9.17, 15) is 19.8 Å². The van der Waals surface area contributed by atoms with Gasteiger partial charge in [-0.2, -0.15) is 0 Å². The van der Waals surface area contributed by atoms with Gasteiger partial charge in [0.05, 0.1) is 25.4 Å². The molecule has 396 valence electrons. The van der Waals surface area contributed by atoms with Crippen molar-refractivity contribution in [1.82, 2.24) is 5.32 Å². The Morgan fingerprint density at radius 2 is 0.776 bits per heavy atom. The lowest BCUT2D eigenvalue weighted by atomic mass is 10.0. The number of hydrogen-bond acceptors (Lipinski definition) is 5. The molecule has 0 rings (SSSR count). The number of hydrogen-bond donors (Lipinski definition) is 3. The monoisotopic (exact) mass is 944 g/mol. The molecule has 2 unspecified atom stereocenters. The minimum atomic E-state index is -0.664. The maximum absolute atomic E-state index is 12.5. The lowest BCUT2D eigenvalue weighted by molar-refractivity contribution is -0.143. The summed E-state index contributed by atoms with van der Waals surface area (Å²) < 4.78 is 5.47. The second-order valence-electron chi connectivity index (χ2n) is 20.7. The summed E-state index contributed by atoms with van der Waals surface area (Å²) in [7, 11) is 0. The summed E-state index contributed by atoms with van der Waals surface area (Å²) >= 11 is 0. The van der Waals surface area contributed by atoms with E-state index in [1.807, 2.05) is 0 Å². The van der Waals surface area contributed by atoms with Crippen molar-refractivity contribution in [3.05, 3.63) is 24.3 Å². The molecule has 0 saturated carbocycles. The first-order valence-electron chi connectivity index (χ1n) is 30.1. The number of unbranched alkanes of at least 4 members (excludes halogenated alkanes) is 41. The molecule has 0 aliphatic rings. The molecule has 0 aliphatic heterocycles. The largest absolute Gasteiger partial charge is 0.466 e. The summed E-state index contributed by atoms with van der Waals surface area (Å²) in [6, 6.07) is -0.541. The van der Waals surface area contributed by atoms with Crippen molar-refractivity contribution < 1.29 is 24.5 Å². The number of esters is 1. The van der Waals surface area contributed by atoms with Crippen molar-refractivity contribution >= 4 is 11.9 Å². The highest BCUT2D eigenvalue weighted by Gasteiger charge is 2.20. The fourth-order valence-corrected chi connectivity index (χ4v) is 9.39. The van der Waals surface area contributed by atoms with Gasteiger partial charge in [-0.1, -0.05) is 289 Å². The van der Waals surface area contributed by atoms with Gasteiger partial charge >= 0.3 is 5.97 Å². The summed E-state index contributed by atoms with van der Waals surface area (Å²) in [5, 5.41) is 23.3. The number of rotatable bonds is 56. The summed E-state index contributed by atoms with van der Waals surface area (Å²) in [5.74, 6) is -0.0354. The van der Waals surface area contributed by atoms with Crippen LogP contribution in [-0.2, 0) is 14.3 Å². The zero-order valence-corrected chi connectivity index (χ0v) is 45.1. The van der Waals surface area contributed by atoms with E-state index in [2.05, 4.69) is 43.5 Å². The number of aliphatic hydroxyl groups is 2. The summed E-state index contributed by atoms with van der Waals surface area (Å²) in [5.41, 5.74) is 0. The molecule has 0 aliphatic carbocycles. The third-order valence-electron chi connectivity index (χ3n) is 14.0. The Bertz CT molecular complexity index is 1040. The lowest BCUT2D eigenvalue weighted by Gasteiger charge is -2.22. The predicted octanol–water partition coefficient (Wildman–Crippen LogP) is 18.6. The Hall–Kier alpha value is -1.66. The molecule has 0 aromatic heterocycles. The Kier molecular flexibility index (Phi) is 55.5. The number of ether oxygens (including phenoxy) is 1. The maximum Gasteiger partial charge on any atom is 0.305 e. The Morgan fingerprint density at radius 3 is 1.19 bits per heavy atom. The van der Waals surface area contributed by atoms with E-state index in [1.165, 1.54) is 244 Å². The van der Waals surface area contributed by atoms with Crippen molar-refractivity contribution in [2.24, 2.45) is 0 Å². The fourth-order valence-electron chi connectivity index (χ4n) is 9.39. The predicted molar refractivity (Wildman–Crippen MR) is 292 cm³/mol. The summed E-state index contributed by atoms with van der Waals surface area (Å²) in [6.07, 6.45) is 68.9. The van der Waals surface area contributed by atoms with Crippen LogP contribution in [0.15, 0.2) is 24.3 Å². The second kappa shape index (κ2) is 56.9. The van der Waals surface area contributed by atoms with Crippen LogP contribution >= 0.6 is 0 Å². The van der Waals surface area contributed by atoms with Crippen LogP contribution < -0.4 is 5.32 Å². The zero-order valence-electron chi connectivity index (χ0n) is 45.1. The Morgan fingerprint density at radius 1 is 0.418 bits per heavy atom. The van der Waals surface area contributed by atoms with Gasteiger partial charge < -0.3 is 20.3 Å². The third kappa shape index (κ3) is 53.5. The number of aliphatic hydroxyl groups excluding tert-OH is 2. The fraction of sp³-hybridized carbons (Fsp3) is 0.902. The van der Waals surface area contributed by atoms with Crippen LogP contribution in [0, 0.1) is 0 Å². The molecule has 0 aromatic carbocycles. The normalized spacial score (nSPS) is 12.7. The minimum Gasteiger partial charge on any atom is -0.466 e. The van der Waals surface area contributed by atoms with E-state index in [0.717, 1.165) is 51.4 Å². The van der Waals surface area contributed by atoms with Crippen molar-refractivity contribution in [2.45, 2.75) is 341 Å². The molecule has 67 heavy (non-hydrogen) atoms. The van der Waals surface area contributed by atoms with E-state index in [4.69, 9.17) is 4.74 Å². The van der Waals surface area contributed by atoms with Crippen molar-refractivity contribution in [1.29, 1.82) is 0 Å². The smallest absolute Gasteiger partial charge is 0.305 e. The molecule has 2 atom stereocenters. The molecule has 0 heterocycles. The molecule has 1 amide bonds. The molecule has 3 N–H and O–H groups in total. The number of carbonyl (C=O) groups is 2. The molecule has 0 spiro atoms. The minimum absolute atomic E-state index is 0.00184. The Labute approximate surface area is 418 Å². The van der Waals surface area contributed by atoms with E-state index >= 15 is 0 Å². The van der Waals surface area contributed by atoms with Crippen LogP contribution in [0.5, 0.6) is 0 Å². The van der Waals surface area contributed by atoms with Crippen LogP contribution in [0.3, 0.4) is 0 Å². The van der Waals surface area contributed by atoms with Crippen LogP contribution in [0.4, 0.5) is 0 Å². The second-order valence-corrected chi connectivity index (χ2v) is 20.7. The number of amides is 1. The maximum atomic E-state index is 12.5. The van der Waals surface area contributed by atoms with E-state index in [1.54, 1.807) is 0 Å². The SMILES string of the molecule is CCC/C=C\C/C=C\CCCCCCCC(=O)OCCCCCCCCCCCCCCCCCCCCCCCCC(=O)NC(CO)C(O)CCCCCCCCCCCCCCCCC. The van der Waals surface area contributed by atoms with Crippen LogP contribution in [-0.4, -0.2) is 47.4 Å². The van der Waals surface area contributed by atoms with Gasteiger partial charge in [-0.15, -0.1) is 0 Å². The molecule has 0 saturated heterocycles. The van der Waals surface area contributed by atoms with E-state index in [-0.39, 0.29) is 18.5 Å². The van der Waals surface area contributed by atoms with Gasteiger partial charge in [-0.3, -0.25) is 9.59 Å². The van der Waals surface area contributed by atoms with Gasteiger partial charge in [0.15, 0.2) is 0 Å². The van der Waals surface area contributed by atoms with Gasteiger partial charge in [0.2, 0.25) is 5.91 Å². The van der Waals surface area contributed by atoms with E-state index < -0.39 is 12.1 Å². The van der Waals surface area contributed by atoms with Gasteiger partial charge in [-0.25, -0.2) is 0 Å². The summed E-state index contributed by atoms with van der Waals surface area (Å²) in [4.78, 5) is 24.5. The number of nitrogens with one attached hydrogen (secondary N) is 1. The molecule has 0 radical (unpaired) electrons. The first-order valence-corrected chi connectivity index (χ1v) is 30.1. The molecular weight excluding hydrogens is 827 g/mol.